The first kappa shape index (κ1) is 22.5. The van der Waals surface area contributed by atoms with Gasteiger partial charge in [0.2, 0.25) is 0 Å². The van der Waals surface area contributed by atoms with E-state index in [0.29, 0.717) is 41.1 Å². The molecule has 1 aromatic heterocycles. The first-order valence-corrected chi connectivity index (χ1v) is 10.7. The molecule has 31 heavy (non-hydrogen) atoms. The zero-order valence-corrected chi connectivity index (χ0v) is 18.1. The number of nitrogens with one attached hydrogen (secondary N) is 1. The monoisotopic (exact) mass is 422 g/mol. The van der Waals surface area contributed by atoms with Crippen LogP contribution >= 0.6 is 0 Å². The van der Waals surface area contributed by atoms with E-state index in [-0.39, 0.29) is 11.5 Å². The smallest absolute Gasteiger partial charge is 0.258 e. The van der Waals surface area contributed by atoms with E-state index in [2.05, 4.69) is 9.97 Å². The lowest BCUT2D eigenvalue weighted by atomic mass is 10.1. The SMILES string of the molecule is COc1ccccc1C(=O)N(CCCCCCN)[C@H](C)c1nc2ccccc2c(=O)[nH]1. The van der Waals surface area contributed by atoms with Gasteiger partial charge in [-0.3, -0.25) is 9.59 Å². The van der Waals surface area contributed by atoms with Gasteiger partial charge in [0.1, 0.15) is 11.6 Å². The standard InChI is InChI=1S/C24H30N4O3/c1-17(22-26-20-13-7-5-11-18(20)23(29)27-22)28(16-10-4-3-9-15-25)24(30)19-12-6-8-14-21(19)31-2/h5-8,11-14,17H,3-4,9-10,15-16,25H2,1-2H3,(H,26,27,29)/t17-/m1/s1. The number of rotatable bonds is 10. The number of carbonyl (C=O) groups excluding carboxylic acids is 1. The zero-order chi connectivity index (χ0) is 22.2. The van der Waals surface area contributed by atoms with E-state index in [4.69, 9.17) is 10.5 Å². The number of benzene rings is 2. The van der Waals surface area contributed by atoms with Crippen molar-refractivity contribution in [3.8, 4) is 5.75 Å². The number of aromatic nitrogens is 2. The summed E-state index contributed by atoms with van der Waals surface area (Å²) >= 11 is 0. The summed E-state index contributed by atoms with van der Waals surface area (Å²) in [5.74, 6) is 0.835. The topological polar surface area (TPSA) is 101 Å². The molecule has 7 heteroatoms. The summed E-state index contributed by atoms with van der Waals surface area (Å²) in [5, 5.41) is 0.530. The predicted octanol–water partition coefficient (Wildman–Crippen LogP) is 3.65. The second kappa shape index (κ2) is 10.7. The molecule has 3 rings (SSSR count). The Morgan fingerprint density at radius 1 is 1.10 bits per heavy atom. The number of nitrogens with two attached hydrogens (primary N) is 1. The maximum absolute atomic E-state index is 13.5. The molecule has 3 N–H and O–H groups in total. The molecule has 0 unspecified atom stereocenters. The van der Waals surface area contributed by atoms with E-state index in [1.54, 1.807) is 42.3 Å². The van der Waals surface area contributed by atoms with Crippen LogP contribution < -0.4 is 16.0 Å². The number of hydrogen-bond donors (Lipinski definition) is 2. The van der Waals surface area contributed by atoms with Gasteiger partial charge in [0, 0.05) is 6.54 Å². The van der Waals surface area contributed by atoms with Gasteiger partial charge >= 0.3 is 0 Å². The summed E-state index contributed by atoms with van der Waals surface area (Å²) in [6.45, 7) is 3.10. The Kier molecular flexibility index (Phi) is 7.78. The average molecular weight is 423 g/mol. The summed E-state index contributed by atoms with van der Waals surface area (Å²) in [4.78, 5) is 35.3. The van der Waals surface area contributed by atoms with Crippen molar-refractivity contribution in [2.24, 2.45) is 5.73 Å². The molecular weight excluding hydrogens is 392 g/mol. The van der Waals surface area contributed by atoms with E-state index in [1.807, 2.05) is 25.1 Å². The first-order chi connectivity index (χ1) is 15.1. The Morgan fingerprint density at radius 2 is 1.81 bits per heavy atom. The van der Waals surface area contributed by atoms with Crippen LogP contribution in [0.1, 0.15) is 54.8 Å². The first-order valence-electron chi connectivity index (χ1n) is 10.7. The second-order valence-electron chi connectivity index (χ2n) is 7.55. The van der Waals surface area contributed by atoms with Crippen molar-refractivity contribution in [2.75, 3.05) is 20.2 Å². The maximum atomic E-state index is 13.5. The highest BCUT2D eigenvalue weighted by Gasteiger charge is 2.26. The highest BCUT2D eigenvalue weighted by atomic mass is 16.5. The number of amides is 1. The molecule has 1 atom stereocenters. The van der Waals surface area contributed by atoms with Gasteiger partial charge < -0.3 is 20.4 Å². The number of fused-ring (bicyclic) bond motifs is 1. The number of carbonyl (C=O) groups is 1. The van der Waals surface area contributed by atoms with Crippen LogP contribution in [-0.2, 0) is 0 Å². The molecule has 0 saturated heterocycles. The van der Waals surface area contributed by atoms with Gasteiger partial charge in [0.05, 0.1) is 29.6 Å². The highest BCUT2D eigenvalue weighted by molar-refractivity contribution is 5.97. The Labute approximate surface area is 182 Å². The molecular formula is C24H30N4O3. The molecule has 7 nitrogen and oxygen atoms in total. The minimum absolute atomic E-state index is 0.153. The number of methoxy groups -OCH3 is 1. The number of unbranched alkanes of at least 4 members (excludes halogenated alkanes) is 3. The quantitative estimate of drug-likeness (QED) is 0.486. The molecule has 164 valence electrons. The van der Waals surface area contributed by atoms with Crippen molar-refractivity contribution < 1.29 is 9.53 Å². The number of ether oxygens (including phenoxy) is 1. The van der Waals surface area contributed by atoms with Crippen LogP contribution in [0.2, 0.25) is 0 Å². The highest BCUT2D eigenvalue weighted by Crippen LogP contribution is 2.25. The van der Waals surface area contributed by atoms with Crippen molar-refractivity contribution in [1.82, 2.24) is 14.9 Å². The van der Waals surface area contributed by atoms with Crippen molar-refractivity contribution in [3.63, 3.8) is 0 Å². The molecule has 0 aliphatic heterocycles. The van der Waals surface area contributed by atoms with Gasteiger partial charge in [-0.1, -0.05) is 37.1 Å². The Hall–Kier alpha value is -3.19. The van der Waals surface area contributed by atoms with Gasteiger partial charge in [-0.2, -0.15) is 0 Å². The lowest BCUT2D eigenvalue weighted by Crippen LogP contribution is -2.36. The molecule has 0 aliphatic rings. The summed E-state index contributed by atoms with van der Waals surface area (Å²) in [7, 11) is 1.55. The Bertz CT molecular complexity index is 1080. The number of hydrogen-bond acceptors (Lipinski definition) is 5. The number of H-pyrrole nitrogens is 1. The molecule has 0 radical (unpaired) electrons. The molecule has 1 amide bonds. The van der Waals surface area contributed by atoms with Crippen molar-refractivity contribution in [1.29, 1.82) is 0 Å². The molecule has 0 saturated carbocycles. The number of para-hydroxylation sites is 2. The average Bonchev–Trinajstić information content (AvgIpc) is 2.80. The molecule has 2 aromatic carbocycles. The molecule has 0 bridgehead atoms. The Morgan fingerprint density at radius 3 is 2.58 bits per heavy atom. The van der Waals surface area contributed by atoms with E-state index >= 15 is 0 Å². The lowest BCUT2D eigenvalue weighted by Gasteiger charge is -2.29. The van der Waals surface area contributed by atoms with Crippen LogP contribution in [-0.4, -0.2) is 41.0 Å². The summed E-state index contributed by atoms with van der Waals surface area (Å²) in [6.07, 6.45) is 3.80. The van der Waals surface area contributed by atoms with Crippen LogP contribution in [0.3, 0.4) is 0 Å². The van der Waals surface area contributed by atoms with Crippen LogP contribution in [0, 0.1) is 0 Å². The zero-order valence-electron chi connectivity index (χ0n) is 18.1. The second-order valence-corrected chi connectivity index (χ2v) is 7.55. The minimum Gasteiger partial charge on any atom is -0.496 e. The molecule has 0 spiro atoms. The third-order valence-corrected chi connectivity index (χ3v) is 5.45. The summed E-state index contributed by atoms with van der Waals surface area (Å²) < 4.78 is 5.40. The largest absolute Gasteiger partial charge is 0.496 e. The van der Waals surface area contributed by atoms with E-state index < -0.39 is 6.04 Å². The molecule has 0 aliphatic carbocycles. The fraction of sp³-hybridized carbons (Fsp3) is 0.375. The van der Waals surface area contributed by atoms with Crippen LogP contribution in [0.5, 0.6) is 5.75 Å². The van der Waals surface area contributed by atoms with Gasteiger partial charge in [0.15, 0.2) is 0 Å². The van der Waals surface area contributed by atoms with Crippen molar-refractivity contribution >= 4 is 16.8 Å². The fourth-order valence-corrected chi connectivity index (χ4v) is 3.68. The summed E-state index contributed by atoms with van der Waals surface area (Å²) in [5.41, 5.74) is 6.48. The number of aromatic amines is 1. The van der Waals surface area contributed by atoms with Gasteiger partial charge in [-0.25, -0.2) is 4.98 Å². The van der Waals surface area contributed by atoms with Crippen LogP contribution in [0.25, 0.3) is 10.9 Å². The van der Waals surface area contributed by atoms with Crippen LogP contribution in [0.15, 0.2) is 53.3 Å². The molecule has 0 fully saturated rings. The van der Waals surface area contributed by atoms with E-state index in [9.17, 15) is 9.59 Å². The van der Waals surface area contributed by atoms with Crippen LogP contribution in [0.4, 0.5) is 0 Å². The van der Waals surface area contributed by atoms with E-state index in [0.717, 1.165) is 25.7 Å². The Balaban J connectivity index is 1.93. The minimum atomic E-state index is -0.413. The van der Waals surface area contributed by atoms with Gasteiger partial charge in [-0.15, -0.1) is 0 Å². The molecule has 3 aromatic rings. The third-order valence-electron chi connectivity index (χ3n) is 5.45. The van der Waals surface area contributed by atoms with Crippen molar-refractivity contribution in [3.05, 3.63) is 70.3 Å². The fourth-order valence-electron chi connectivity index (χ4n) is 3.68. The van der Waals surface area contributed by atoms with E-state index in [1.165, 1.54) is 0 Å². The molecule has 1 heterocycles. The maximum Gasteiger partial charge on any atom is 0.258 e. The van der Waals surface area contributed by atoms with Crippen molar-refractivity contribution in [2.45, 2.75) is 38.6 Å². The lowest BCUT2D eigenvalue weighted by molar-refractivity contribution is 0.0675. The van der Waals surface area contributed by atoms with Gasteiger partial charge in [-0.05, 0) is 50.6 Å². The third kappa shape index (κ3) is 5.30. The predicted molar refractivity (Wildman–Crippen MR) is 122 cm³/mol. The number of nitrogens with zero attached hydrogens (tertiary/aromatic N) is 2. The normalized spacial score (nSPS) is 12.0. The summed E-state index contributed by atoms with van der Waals surface area (Å²) in [6, 6.07) is 14.0. The van der Waals surface area contributed by atoms with Gasteiger partial charge in [0.25, 0.3) is 11.5 Å².